The van der Waals surface area contributed by atoms with Gasteiger partial charge in [-0.15, -0.1) is 0 Å². The van der Waals surface area contributed by atoms with E-state index in [1.807, 2.05) is 31.3 Å². The molecule has 0 aromatic heterocycles. The summed E-state index contributed by atoms with van der Waals surface area (Å²) in [7, 11) is 1.86. The molecule has 1 aromatic rings. The number of nitrogens with one attached hydrogen (secondary N) is 1. The summed E-state index contributed by atoms with van der Waals surface area (Å²) in [4.78, 5) is 14.4. The molecule has 0 radical (unpaired) electrons. The summed E-state index contributed by atoms with van der Waals surface area (Å²) in [6, 6.07) is 7.69. The van der Waals surface area contributed by atoms with Crippen LogP contribution in [-0.2, 0) is 11.3 Å². The highest BCUT2D eigenvalue weighted by molar-refractivity contribution is 6.31. The molecule has 1 aromatic carbocycles. The van der Waals surface area contributed by atoms with Crippen LogP contribution in [0.4, 0.5) is 0 Å². The van der Waals surface area contributed by atoms with Crippen LogP contribution >= 0.6 is 11.6 Å². The molecule has 1 amide bonds. The Labute approximate surface area is 119 Å². The van der Waals surface area contributed by atoms with Crippen LogP contribution in [0.1, 0.15) is 25.3 Å². The van der Waals surface area contributed by atoms with Gasteiger partial charge in [0.2, 0.25) is 5.91 Å². The molecule has 0 atom stereocenters. The number of rotatable bonds is 3. The number of carbonyl (C=O) groups excluding carboxylic acids is 1. The zero-order valence-electron chi connectivity index (χ0n) is 11.6. The maximum absolute atomic E-state index is 12.6. The molecule has 1 saturated heterocycles. The van der Waals surface area contributed by atoms with Gasteiger partial charge in [-0.2, -0.15) is 0 Å². The van der Waals surface area contributed by atoms with Crippen LogP contribution in [-0.4, -0.2) is 30.9 Å². The molecular formula is C15H21ClN2O. The van der Waals surface area contributed by atoms with Gasteiger partial charge in [-0.3, -0.25) is 4.79 Å². The lowest BCUT2D eigenvalue weighted by atomic mass is 9.79. The van der Waals surface area contributed by atoms with Crippen LogP contribution in [0.15, 0.2) is 24.3 Å². The van der Waals surface area contributed by atoms with Crippen molar-refractivity contribution in [2.45, 2.75) is 26.3 Å². The van der Waals surface area contributed by atoms with Crippen LogP contribution in [0, 0.1) is 5.41 Å². The minimum atomic E-state index is -0.235. The number of piperidine rings is 1. The fraction of sp³-hybridized carbons (Fsp3) is 0.533. The van der Waals surface area contributed by atoms with Crippen molar-refractivity contribution in [3.8, 4) is 0 Å². The second kappa shape index (κ2) is 5.93. The molecule has 1 aliphatic rings. The van der Waals surface area contributed by atoms with Crippen molar-refractivity contribution in [3.05, 3.63) is 34.9 Å². The fourth-order valence-electron chi connectivity index (χ4n) is 2.61. The smallest absolute Gasteiger partial charge is 0.228 e. The Morgan fingerprint density at radius 3 is 2.63 bits per heavy atom. The summed E-state index contributed by atoms with van der Waals surface area (Å²) in [6.07, 6.45) is 1.80. The van der Waals surface area contributed by atoms with Gasteiger partial charge < -0.3 is 10.2 Å². The molecule has 0 aliphatic carbocycles. The van der Waals surface area contributed by atoms with Gasteiger partial charge in [0.1, 0.15) is 0 Å². The summed E-state index contributed by atoms with van der Waals surface area (Å²) in [6.45, 7) is 4.48. The summed E-state index contributed by atoms with van der Waals surface area (Å²) < 4.78 is 0. The highest BCUT2D eigenvalue weighted by Crippen LogP contribution is 2.30. The summed E-state index contributed by atoms with van der Waals surface area (Å²) in [5.74, 6) is 0.217. The van der Waals surface area contributed by atoms with Crippen LogP contribution in [0.3, 0.4) is 0 Å². The normalized spacial score (nSPS) is 18.1. The average molecular weight is 281 g/mol. The summed E-state index contributed by atoms with van der Waals surface area (Å²) in [5, 5.41) is 4.02. The lowest BCUT2D eigenvalue weighted by Gasteiger charge is -2.36. The van der Waals surface area contributed by atoms with Crippen molar-refractivity contribution >= 4 is 17.5 Å². The van der Waals surface area contributed by atoms with Crippen molar-refractivity contribution in [1.82, 2.24) is 10.2 Å². The van der Waals surface area contributed by atoms with Gasteiger partial charge in [-0.1, -0.05) is 36.7 Å². The van der Waals surface area contributed by atoms with Gasteiger partial charge in [-0.25, -0.2) is 0 Å². The van der Waals surface area contributed by atoms with E-state index in [2.05, 4.69) is 12.2 Å². The third-order valence-corrected chi connectivity index (χ3v) is 4.30. The molecule has 19 heavy (non-hydrogen) atoms. The second-order valence-electron chi connectivity index (χ2n) is 5.56. The lowest BCUT2D eigenvalue weighted by Crippen LogP contribution is -2.46. The molecule has 1 aliphatic heterocycles. The summed E-state index contributed by atoms with van der Waals surface area (Å²) in [5.41, 5.74) is 0.763. The van der Waals surface area contributed by atoms with E-state index < -0.39 is 0 Å². The fourth-order valence-corrected chi connectivity index (χ4v) is 2.80. The second-order valence-corrected chi connectivity index (χ2v) is 5.97. The van der Waals surface area contributed by atoms with Gasteiger partial charge in [-0.05, 0) is 37.6 Å². The van der Waals surface area contributed by atoms with E-state index in [4.69, 9.17) is 11.6 Å². The standard InChI is InChI=1S/C15H21ClN2O/c1-15(7-9-17-10-8-15)14(19)18(2)11-12-5-3-4-6-13(12)16/h3-6,17H,7-11H2,1-2H3. The Balaban J connectivity index is 2.05. The molecule has 0 unspecified atom stereocenters. The maximum atomic E-state index is 12.6. The Kier molecular flexibility index (Phi) is 4.48. The van der Waals surface area contributed by atoms with Gasteiger partial charge in [0.05, 0.1) is 0 Å². The molecule has 0 spiro atoms. The van der Waals surface area contributed by atoms with E-state index in [9.17, 15) is 4.79 Å². The molecule has 3 nitrogen and oxygen atoms in total. The van der Waals surface area contributed by atoms with Crippen LogP contribution < -0.4 is 5.32 Å². The molecule has 0 saturated carbocycles. The number of benzene rings is 1. The first-order chi connectivity index (χ1) is 9.03. The number of hydrogen-bond acceptors (Lipinski definition) is 2. The third kappa shape index (κ3) is 3.28. The Hall–Kier alpha value is -1.06. The Morgan fingerprint density at radius 1 is 1.37 bits per heavy atom. The molecule has 2 rings (SSSR count). The van der Waals surface area contributed by atoms with E-state index in [0.717, 1.165) is 36.5 Å². The predicted molar refractivity (Wildman–Crippen MR) is 78.1 cm³/mol. The van der Waals surface area contributed by atoms with Crippen LogP contribution in [0.25, 0.3) is 0 Å². The minimum Gasteiger partial charge on any atom is -0.341 e. The highest BCUT2D eigenvalue weighted by atomic mass is 35.5. The zero-order valence-corrected chi connectivity index (χ0v) is 12.3. The van der Waals surface area contributed by atoms with E-state index in [1.54, 1.807) is 4.90 Å². The average Bonchev–Trinajstić information content (AvgIpc) is 2.41. The van der Waals surface area contributed by atoms with Gasteiger partial charge in [0.15, 0.2) is 0 Å². The monoisotopic (exact) mass is 280 g/mol. The summed E-state index contributed by atoms with van der Waals surface area (Å²) >= 11 is 6.15. The molecule has 104 valence electrons. The van der Waals surface area contributed by atoms with E-state index >= 15 is 0 Å². The number of amides is 1. The first-order valence-corrected chi connectivity index (χ1v) is 7.10. The molecular weight excluding hydrogens is 260 g/mol. The largest absolute Gasteiger partial charge is 0.341 e. The van der Waals surface area contributed by atoms with E-state index in [0.29, 0.717) is 6.54 Å². The van der Waals surface area contributed by atoms with Gasteiger partial charge >= 0.3 is 0 Å². The highest BCUT2D eigenvalue weighted by Gasteiger charge is 2.36. The van der Waals surface area contributed by atoms with Crippen molar-refractivity contribution in [2.75, 3.05) is 20.1 Å². The van der Waals surface area contributed by atoms with Gasteiger partial charge in [0.25, 0.3) is 0 Å². The maximum Gasteiger partial charge on any atom is 0.228 e. The SMILES string of the molecule is CN(Cc1ccccc1Cl)C(=O)C1(C)CCNCC1. The van der Waals surface area contributed by atoms with Crippen LogP contribution in [0.2, 0.25) is 5.02 Å². The number of hydrogen-bond donors (Lipinski definition) is 1. The molecule has 1 fully saturated rings. The van der Waals surface area contributed by atoms with Crippen molar-refractivity contribution in [3.63, 3.8) is 0 Å². The van der Waals surface area contributed by atoms with Crippen molar-refractivity contribution in [2.24, 2.45) is 5.41 Å². The lowest BCUT2D eigenvalue weighted by molar-refractivity contribution is -0.141. The number of carbonyl (C=O) groups is 1. The Morgan fingerprint density at radius 2 is 2.00 bits per heavy atom. The van der Waals surface area contributed by atoms with Gasteiger partial charge in [0, 0.05) is 24.0 Å². The van der Waals surface area contributed by atoms with Crippen molar-refractivity contribution < 1.29 is 4.79 Å². The zero-order chi connectivity index (χ0) is 13.9. The van der Waals surface area contributed by atoms with E-state index in [-0.39, 0.29) is 11.3 Å². The Bertz CT molecular complexity index is 455. The van der Waals surface area contributed by atoms with Crippen LogP contribution in [0.5, 0.6) is 0 Å². The molecule has 4 heteroatoms. The number of halogens is 1. The minimum absolute atomic E-state index is 0.217. The topological polar surface area (TPSA) is 32.3 Å². The van der Waals surface area contributed by atoms with Crippen molar-refractivity contribution in [1.29, 1.82) is 0 Å². The molecule has 1 N–H and O–H groups in total. The molecule has 0 bridgehead atoms. The molecule has 1 heterocycles. The first kappa shape index (κ1) is 14.4. The number of nitrogens with zero attached hydrogens (tertiary/aromatic N) is 1. The first-order valence-electron chi connectivity index (χ1n) is 6.73. The predicted octanol–water partition coefficient (Wildman–Crippen LogP) is 2.69. The third-order valence-electron chi connectivity index (χ3n) is 3.94. The quantitative estimate of drug-likeness (QED) is 0.923. The van der Waals surface area contributed by atoms with E-state index in [1.165, 1.54) is 0 Å².